The third-order valence-corrected chi connectivity index (χ3v) is 6.53. The minimum atomic E-state index is -0.0669. The predicted molar refractivity (Wildman–Crippen MR) is 103 cm³/mol. The van der Waals surface area contributed by atoms with Gasteiger partial charge in [-0.2, -0.15) is 0 Å². The van der Waals surface area contributed by atoms with Gasteiger partial charge in [0.15, 0.2) is 0 Å². The molecule has 0 heterocycles. The van der Waals surface area contributed by atoms with Gasteiger partial charge in [0, 0.05) is 11.5 Å². The Kier molecular flexibility index (Phi) is 3.81. The zero-order valence-corrected chi connectivity index (χ0v) is 15.5. The van der Waals surface area contributed by atoms with Crippen molar-refractivity contribution in [2.75, 3.05) is 20.7 Å². The quantitative estimate of drug-likeness (QED) is 0.754. The second-order valence-electron chi connectivity index (χ2n) is 7.78. The Morgan fingerprint density at radius 1 is 1.20 bits per heavy atom. The van der Waals surface area contributed by atoms with E-state index in [2.05, 4.69) is 68.3 Å². The molecule has 2 heteroatoms. The highest BCUT2D eigenvalue weighted by Gasteiger charge is 2.65. The molecule has 130 valence electrons. The third-order valence-electron chi connectivity index (χ3n) is 6.53. The van der Waals surface area contributed by atoms with E-state index in [1.807, 2.05) is 0 Å². The average molecular weight is 333 g/mol. The number of hydrogen-bond acceptors (Lipinski definition) is 2. The van der Waals surface area contributed by atoms with E-state index in [-0.39, 0.29) is 11.0 Å². The van der Waals surface area contributed by atoms with E-state index in [4.69, 9.17) is 11.2 Å². The first-order valence-electron chi connectivity index (χ1n) is 9.42. The monoisotopic (exact) mass is 333 g/mol. The molecule has 1 aromatic carbocycles. The van der Waals surface area contributed by atoms with Crippen LogP contribution in [0, 0.1) is 23.7 Å². The normalized spacial score (nSPS) is 32.8. The average Bonchev–Trinajstić information content (AvgIpc) is 3.09. The number of benzene rings is 1. The predicted octanol–water partition coefficient (Wildman–Crippen LogP) is 4.48. The van der Waals surface area contributed by atoms with Crippen LogP contribution in [-0.2, 0) is 4.74 Å². The number of rotatable bonds is 4. The molecule has 0 spiro atoms. The molecule has 2 nitrogen and oxygen atoms in total. The van der Waals surface area contributed by atoms with Gasteiger partial charge in [-0.15, -0.1) is 6.42 Å². The van der Waals surface area contributed by atoms with Crippen molar-refractivity contribution in [3.8, 4) is 12.3 Å². The van der Waals surface area contributed by atoms with E-state index in [1.165, 1.54) is 42.6 Å². The van der Waals surface area contributed by atoms with Gasteiger partial charge in [-0.05, 0) is 63.2 Å². The molecule has 0 saturated heterocycles. The highest BCUT2D eigenvalue weighted by Crippen LogP contribution is 2.67. The summed E-state index contributed by atoms with van der Waals surface area (Å²) in [5, 5.41) is 0. The molecule has 25 heavy (non-hydrogen) atoms. The fourth-order valence-electron chi connectivity index (χ4n) is 5.50. The molecule has 0 aromatic heterocycles. The van der Waals surface area contributed by atoms with Crippen LogP contribution in [0.25, 0.3) is 5.57 Å². The summed E-state index contributed by atoms with van der Waals surface area (Å²) < 4.78 is 6.16. The van der Waals surface area contributed by atoms with Crippen LogP contribution in [0.15, 0.2) is 42.2 Å². The summed E-state index contributed by atoms with van der Waals surface area (Å²) in [7, 11) is 4.42. The van der Waals surface area contributed by atoms with Gasteiger partial charge in [-0.1, -0.05) is 37.0 Å². The van der Waals surface area contributed by atoms with Crippen LogP contribution in [0.4, 0.5) is 0 Å². The zero-order chi connectivity index (χ0) is 17.7. The molecule has 0 aliphatic heterocycles. The maximum atomic E-state index is 6.16. The van der Waals surface area contributed by atoms with Crippen LogP contribution < -0.4 is 0 Å². The van der Waals surface area contributed by atoms with Crippen LogP contribution in [0.3, 0.4) is 0 Å². The Hall–Kier alpha value is -1.98. The molecule has 1 fully saturated rings. The van der Waals surface area contributed by atoms with Gasteiger partial charge in [0.2, 0.25) is 0 Å². The molecule has 0 N–H and O–H groups in total. The van der Waals surface area contributed by atoms with Crippen molar-refractivity contribution >= 4 is 5.57 Å². The first-order valence-corrected chi connectivity index (χ1v) is 9.42. The van der Waals surface area contributed by atoms with Crippen LogP contribution in [0.5, 0.6) is 0 Å². The largest absolute Gasteiger partial charge is 0.498 e. The zero-order valence-electron chi connectivity index (χ0n) is 15.5. The Labute approximate surface area is 151 Å². The van der Waals surface area contributed by atoms with Gasteiger partial charge in [-0.3, -0.25) is 4.90 Å². The van der Waals surface area contributed by atoms with Crippen molar-refractivity contribution in [1.29, 1.82) is 0 Å². The maximum absolute atomic E-state index is 6.16. The summed E-state index contributed by atoms with van der Waals surface area (Å²) >= 11 is 0. The first-order chi connectivity index (χ1) is 12.1. The molecule has 1 aromatic rings. The van der Waals surface area contributed by atoms with E-state index in [9.17, 15) is 0 Å². The summed E-state index contributed by atoms with van der Waals surface area (Å²) in [6, 6.07) is 8.48. The third kappa shape index (κ3) is 2.09. The van der Waals surface area contributed by atoms with Gasteiger partial charge in [0.05, 0.1) is 17.6 Å². The molecule has 3 aliphatic carbocycles. The van der Waals surface area contributed by atoms with Crippen molar-refractivity contribution in [3.63, 3.8) is 0 Å². The summed E-state index contributed by atoms with van der Waals surface area (Å²) in [5.74, 6) is 4.50. The Bertz CT molecular complexity index is 779. The van der Waals surface area contributed by atoms with Crippen LogP contribution in [0.2, 0.25) is 0 Å². The molecule has 0 amide bonds. The first kappa shape index (κ1) is 16.5. The van der Waals surface area contributed by atoms with E-state index in [0.717, 1.165) is 12.2 Å². The number of terminal acetylenes is 1. The fraction of sp³-hybridized carbons (Fsp3) is 0.478. The fourth-order valence-corrected chi connectivity index (χ4v) is 5.50. The van der Waals surface area contributed by atoms with Crippen molar-refractivity contribution < 1.29 is 4.74 Å². The lowest BCUT2D eigenvalue weighted by molar-refractivity contribution is 0.0759. The van der Waals surface area contributed by atoms with Crippen LogP contribution in [-0.4, -0.2) is 31.1 Å². The lowest BCUT2D eigenvalue weighted by atomic mass is 9.67. The molecule has 3 atom stereocenters. The number of allylic oxidation sites excluding steroid dienone is 1. The Morgan fingerprint density at radius 3 is 2.60 bits per heavy atom. The van der Waals surface area contributed by atoms with Gasteiger partial charge >= 0.3 is 0 Å². The molecule has 2 bridgehead atoms. The number of ether oxygens (including phenoxy) is 1. The summed E-state index contributed by atoms with van der Waals surface area (Å²) in [5.41, 5.74) is 3.67. The van der Waals surface area contributed by atoms with Gasteiger partial charge in [0.25, 0.3) is 0 Å². The van der Waals surface area contributed by atoms with Crippen molar-refractivity contribution in [3.05, 3.63) is 53.3 Å². The van der Waals surface area contributed by atoms with E-state index in [1.54, 1.807) is 0 Å². The standard InChI is InChI=1S/C23H27NO/c1-5-17-10-12-18(13-11-17)19-15-22-14-8-7-9-20(22)23(19,24(3)4)16-21(22)25-6-2/h1,10-13,15-16,20H,6-9,14H2,2-4H3/t20-,22-,23-/m1/s1. The molecule has 1 saturated carbocycles. The molecule has 4 rings (SSSR count). The van der Waals surface area contributed by atoms with Gasteiger partial charge in [0.1, 0.15) is 5.76 Å². The highest BCUT2D eigenvalue weighted by molar-refractivity contribution is 5.83. The number of hydrogen-bond donors (Lipinski definition) is 0. The minimum absolute atomic E-state index is 0.0669. The lowest BCUT2D eigenvalue weighted by Crippen LogP contribution is -2.48. The smallest absolute Gasteiger partial charge is 0.104 e. The molecule has 0 radical (unpaired) electrons. The number of nitrogens with zero attached hydrogens (tertiary/aromatic N) is 1. The second kappa shape index (κ2) is 5.78. The SMILES string of the molecule is C#Cc1ccc(C2=C[C@]34CCCC[C@H]3[C@@]2(N(C)C)C=C4OCC)cc1. The Balaban J connectivity index is 1.87. The summed E-state index contributed by atoms with van der Waals surface area (Å²) in [6.07, 6.45) is 15.5. The van der Waals surface area contributed by atoms with Crippen molar-refractivity contribution in [2.24, 2.45) is 11.3 Å². The topological polar surface area (TPSA) is 12.5 Å². The molecular formula is C23H27NO. The molecular weight excluding hydrogens is 306 g/mol. The second-order valence-corrected chi connectivity index (χ2v) is 7.78. The van der Waals surface area contributed by atoms with Gasteiger partial charge < -0.3 is 4.74 Å². The molecule has 0 unspecified atom stereocenters. The van der Waals surface area contributed by atoms with E-state index >= 15 is 0 Å². The van der Waals surface area contributed by atoms with Gasteiger partial charge in [-0.25, -0.2) is 0 Å². The van der Waals surface area contributed by atoms with Crippen LogP contribution >= 0.6 is 0 Å². The highest BCUT2D eigenvalue weighted by atomic mass is 16.5. The summed E-state index contributed by atoms with van der Waals surface area (Å²) in [4.78, 5) is 2.40. The minimum Gasteiger partial charge on any atom is -0.498 e. The van der Waals surface area contributed by atoms with Crippen molar-refractivity contribution in [1.82, 2.24) is 4.90 Å². The van der Waals surface area contributed by atoms with E-state index < -0.39 is 0 Å². The maximum Gasteiger partial charge on any atom is 0.104 e. The number of likely N-dealkylation sites (N-methyl/N-ethyl adjacent to an activating group) is 1. The van der Waals surface area contributed by atoms with Crippen molar-refractivity contribution in [2.45, 2.75) is 38.1 Å². The summed E-state index contributed by atoms with van der Waals surface area (Å²) in [6.45, 7) is 2.83. The van der Waals surface area contributed by atoms with Crippen LogP contribution in [0.1, 0.15) is 43.7 Å². The lowest BCUT2D eigenvalue weighted by Gasteiger charge is -2.43. The molecule has 3 aliphatic rings. The van der Waals surface area contributed by atoms with E-state index in [0.29, 0.717) is 5.92 Å². The Morgan fingerprint density at radius 2 is 1.96 bits per heavy atom.